The Bertz CT molecular complexity index is 647. The van der Waals surface area contributed by atoms with Crippen LogP contribution in [0.3, 0.4) is 0 Å². The average Bonchev–Trinajstić information content (AvgIpc) is 2.63. The number of piperazine rings is 1. The molecule has 24 heavy (non-hydrogen) atoms. The first-order valence-electron chi connectivity index (χ1n) is 8.53. The van der Waals surface area contributed by atoms with E-state index in [-0.39, 0.29) is 11.7 Å². The quantitative estimate of drug-likeness (QED) is 0.918. The van der Waals surface area contributed by atoms with Crippen molar-refractivity contribution < 1.29 is 9.90 Å². The van der Waals surface area contributed by atoms with Crippen LogP contribution in [0.1, 0.15) is 11.1 Å². The molecule has 0 aromatic heterocycles. The molecule has 126 valence electrons. The summed E-state index contributed by atoms with van der Waals surface area (Å²) in [5, 5.41) is 9.30. The lowest BCUT2D eigenvalue weighted by atomic mass is 10.1. The Hall–Kier alpha value is -2.33. The van der Waals surface area contributed by atoms with Gasteiger partial charge in [-0.1, -0.05) is 42.5 Å². The van der Waals surface area contributed by atoms with Gasteiger partial charge in [-0.2, -0.15) is 0 Å². The normalized spacial score (nSPS) is 15.4. The number of benzene rings is 2. The van der Waals surface area contributed by atoms with Crippen molar-refractivity contribution in [1.82, 2.24) is 9.80 Å². The Labute approximate surface area is 143 Å². The topological polar surface area (TPSA) is 43.8 Å². The minimum absolute atomic E-state index is 0.170. The van der Waals surface area contributed by atoms with Crippen LogP contribution in [0.2, 0.25) is 0 Å². The van der Waals surface area contributed by atoms with Crippen LogP contribution < -0.4 is 0 Å². The number of carbonyl (C=O) groups excluding carboxylic acids is 1. The van der Waals surface area contributed by atoms with Crippen LogP contribution in [-0.4, -0.2) is 53.5 Å². The first-order valence-corrected chi connectivity index (χ1v) is 8.53. The summed E-state index contributed by atoms with van der Waals surface area (Å²) < 4.78 is 0. The highest BCUT2D eigenvalue weighted by molar-refractivity contribution is 5.78. The van der Waals surface area contributed by atoms with Crippen molar-refractivity contribution in [3.8, 4) is 5.75 Å². The molecule has 0 unspecified atom stereocenters. The maximum atomic E-state index is 12.4. The largest absolute Gasteiger partial charge is 0.508 e. The third-order valence-electron chi connectivity index (χ3n) is 4.58. The fraction of sp³-hybridized carbons (Fsp3) is 0.350. The summed E-state index contributed by atoms with van der Waals surface area (Å²) in [6, 6.07) is 17.4. The fourth-order valence-corrected chi connectivity index (χ4v) is 3.05. The van der Waals surface area contributed by atoms with Crippen molar-refractivity contribution in [2.45, 2.75) is 12.8 Å². The molecule has 1 N–H and O–H groups in total. The molecule has 1 aliphatic heterocycles. The van der Waals surface area contributed by atoms with Gasteiger partial charge in [-0.25, -0.2) is 0 Å². The minimum Gasteiger partial charge on any atom is -0.508 e. The zero-order chi connectivity index (χ0) is 16.8. The first kappa shape index (κ1) is 16.5. The Morgan fingerprint density at radius 1 is 0.875 bits per heavy atom. The second-order valence-corrected chi connectivity index (χ2v) is 6.30. The molecule has 1 saturated heterocycles. The number of carbonyl (C=O) groups is 1. The highest BCUT2D eigenvalue weighted by Crippen LogP contribution is 2.12. The predicted molar refractivity (Wildman–Crippen MR) is 95.0 cm³/mol. The SMILES string of the molecule is O=C(Cc1ccc(O)cc1)N1CCN(CCc2ccccc2)CC1. The van der Waals surface area contributed by atoms with Crippen LogP contribution in [0.5, 0.6) is 5.75 Å². The van der Waals surface area contributed by atoms with Gasteiger partial charge >= 0.3 is 0 Å². The molecule has 0 aliphatic carbocycles. The van der Waals surface area contributed by atoms with Crippen molar-refractivity contribution in [3.05, 3.63) is 65.7 Å². The third-order valence-corrected chi connectivity index (χ3v) is 4.58. The molecule has 0 radical (unpaired) electrons. The highest BCUT2D eigenvalue weighted by Gasteiger charge is 2.20. The number of amides is 1. The number of hydrogen-bond acceptors (Lipinski definition) is 3. The van der Waals surface area contributed by atoms with E-state index in [1.54, 1.807) is 12.1 Å². The van der Waals surface area contributed by atoms with Gasteiger partial charge < -0.3 is 10.0 Å². The second-order valence-electron chi connectivity index (χ2n) is 6.30. The summed E-state index contributed by atoms with van der Waals surface area (Å²) in [6.07, 6.45) is 1.46. The number of aromatic hydroxyl groups is 1. The number of phenols is 1. The molecule has 4 heteroatoms. The van der Waals surface area contributed by atoms with Gasteiger partial charge in [0.15, 0.2) is 0 Å². The molecule has 2 aromatic rings. The Morgan fingerprint density at radius 2 is 1.54 bits per heavy atom. The summed E-state index contributed by atoms with van der Waals surface area (Å²) in [6.45, 7) is 4.52. The Balaban J connectivity index is 1.42. The van der Waals surface area contributed by atoms with E-state index in [0.29, 0.717) is 6.42 Å². The van der Waals surface area contributed by atoms with Crippen molar-refractivity contribution in [2.24, 2.45) is 0 Å². The van der Waals surface area contributed by atoms with Gasteiger partial charge in [-0.15, -0.1) is 0 Å². The zero-order valence-corrected chi connectivity index (χ0v) is 13.9. The molecule has 1 aliphatic rings. The molecule has 1 fully saturated rings. The lowest BCUT2D eigenvalue weighted by molar-refractivity contribution is -0.132. The zero-order valence-electron chi connectivity index (χ0n) is 13.9. The third kappa shape index (κ3) is 4.59. The highest BCUT2D eigenvalue weighted by atomic mass is 16.3. The molecule has 1 heterocycles. The van der Waals surface area contributed by atoms with Gasteiger partial charge in [0.2, 0.25) is 5.91 Å². The summed E-state index contributed by atoms with van der Waals surface area (Å²) in [7, 11) is 0. The monoisotopic (exact) mass is 324 g/mol. The Kier molecular flexibility index (Phi) is 5.49. The van der Waals surface area contributed by atoms with E-state index >= 15 is 0 Å². The Morgan fingerprint density at radius 3 is 2.21 bits per heavy atom. The van der Waals surface area contributed by atoms with Gasteiger partial charge in [-0.3, -0.25) is 9.69 Å². The van der Waals surface area contributed by atoms with Gasteiger partial charge in [0.1, 0.15) is 5.75 Å². The average molecular weight is 324 g/mol. The summed E-state index contributed by atoms with van der Waals surface area (Å²) in [5.41, 5.74) is 2.31. The van der Waals surface area contributed by atoms with Crippen LogP contribution >= 0.6 is 0 Å². The number of hydrogen-bond donors (Lipinski definition) is 1. The van der Waals surface area contributed by atoms with Crippen LogP contribution in [0.25, 0.3) is 0 Å². The van der Waals surface area contributed by atoms with Crippen molar-refractivity contribution in [3.63, 3.8) is 0 Å². The van der Waals surface area contributed by atoms with E-state index in [2.05, 4.69) is 29.2 Å². The molecular formula is C20H24N2O2. The minimum atomic E-state index is 0.170. The molecule has 2 aromatic carbocycles. The second kappa shape index (κ2) is 7.97. The summed E-state index contributed by atoms with van der Waals surface area (Å²) in [5.74, 6) is 0.404. The molecule has 0 atom stereocenters. The van der Waals surface area contributed by atoms with E-state index in [9.17, 15) is 9.90 Å². The summed E-state index contributed by atoms with van der Waals surface area (Å²) in [4.78, 5) is 16.8. The lowest BCUT2D eigenvalue weighted by Crippen LogP contribution is -2.49. The predicted octanol–water partition coefficient (Wildman–Crippen LogP) is 2.32. The van der Waals surface area contributed by atoms with Crippen LogP contribution in [0.4, 0.5) is 0 Å². The van der Waals surface area contributed by atoms with Crippen molar-refractivity contribution in [2.75, 3.05) is 32.7 Å². The van der Waals surface area contributed by atoms with Gasteiger partial charge in [0.25, 0.3) is 0 Å². The fourth-order valence-electron chi connectivity index (χ4n) is 3.05. The molecule has 0 saturated carbocycles. The summed E-state index contributed by atoms with van der Waals surface area (Å²) >= 11 is 0. The maximum Gasteiger partial charge on any atom is 0.227 e. The first-order chi connectivity index (χ1) is 11.7. The maximum absolute atomic E-state index is 12.4. The van der Waals surface area contributed by atoms with Crippen LogP contribution in [0, 0.1) is 0 Å². The van der Waals surface area contributed by atoms with E-state index < -0.39 is 0 Å². The standard InChI is InChI=1S/C20H24N2O2/c23-19-8-6-18(7-9-19)16-20(24)22-14-12-21(13-15-22)11-10-17-4-2-1-3-5-17/h1-9,23H,10-16H2. The smallest absolute Gasteiger partial charge is 0.227 e. The van der Waals surface area contributed by atoms with Crippen molar-refractivity contribution >= 4 is 5.91 Å². The lowest BCUT2D eigenvalue weighted by Gasteiger charge is -2.34. The molecule has 4 nitrogen and oxygen atoms in total. The molecule has 0 spiro atoms. The number of rotatable bonds is 5. The van der Waals surface area contributed by atoms with E-state index in [1.165, 1.54) is 5.56 Å². The molecule has 0 bridgehead atoms. The molecular weight excluding hydrogens is 300 g/mol. The van der Waals surface area contributed by atoms with E-state index in [0.717, 1.165) is 44.7 Å². The van der Waals surface area contributed by atoms with Crippen molar-refractivity contribution in [1.29, 1.82) is 0 Å². The van der Waals surface area contributed by atoms with E-state index in [1.807, 2.05) is 23.1 Å². The van der Waals surface area contributed by atoms with Gasteiger partial charge in [-0.05, 0) is 29.7 Å². The van der Waals surface area contributed by atoms with Gasteiger partial charge in [0.05, 0.1) is 6.42 Å². The molecule has 1 amide bonds. The van der Waals surface area contributed by atoms with Gasteiger partial charge in [0, 0.05) is 32.7 Å². The molecule has 3 rings (SSSR count). The van der Waals surface area contributed by atoms with Crippen LogP contribution in [0.15, 0.2) is 54.6 Å². The number of nitrogens with zero attached hydrogens (tertiary/aromatic N) is 2. The van der Waals surface area contributed by atoms with E-state index in [4.69, 9.17) is 0 Å². The van der Waals surface area contributed by atoms with Crippen LogP contribution in [-0.2, 0) is 17.6 Å². The number of phenolic OH excluding ortho intramolecular Hbond substituents is 1.